The number of para-hydroxylation sites is 1. The number of benzene rings is 1. The Morgan fingerprint density at radius 2 is 2.17 bits per heavy atom. The highest BCUT2D eigenvalue weighted by molar-refractivity contribution is 5.34. The van der Waals surface area contributed by atoms with Crippen LogP contribution in [0.25, 0.3) is 0 Å². The van der Waals surface area contributed by atoms with E-state index in [-0.39, 0.29) is 6.04 Å². The van der Waals surface area contributed by atoms with E-state index >= 15 is 0 Å². The van der Waals surface area contributed by atoms with Crippen molar-refractivity contribution in [3.63, 3.8) is 0 Å². The molecule has 0 heterocycles. The molecule has 1 aromatic rings. The van der Waals surface area contributed by atoms with E-state index in [0.717, 1.165) is 12.0 Å². The minimum Gasteiger partial charge on any atom is -0.508 e. The molecule has 3 heteroatoms. The van der Waals surface area contributed by atoms with Crippen LogP contribution in [0.3, 0.4) is 0 Å². The minimum absolute atomic E-state index is 0.0335. The van der Waals surface area contributed by atoms with Crippen LogP contribution in [0.1, 0.15) is 24.9 Å². The van der Waals surface area contributed by atoms with Crippen LogP contribution in [-0.2, 0) is 0 Å². The number of rotatable bonds is 3. The lowest BCUT2D eigenvalue weighted by atomic mass is 10.0. The van der Waals surface area contributed by atoms with Crippen LogP contribution in [0, 0.1) is 0 Å². The van der Waals surface area contributed by atoms with E-state index in [9.17, 15) is 5.11 Å². The first-order valence-corrected chi connectivity index (χ1v) is 4.03. The fourth-order valence-corrected chi connectivity index (χ4v) is 1.21. The van der Waals surface area contributed by atoms with E-state index in [0.29, 0.717) is 5.75 Å². The second-order valence-corrected chi connectivity index (χ2v) is 2.69. The third kappa shape index (κ3) is 1.75. The van der Waals surface area contributed by atoms with Crippen LogP contribution in [0.4, 0.5) is 0 Å². The van der Waals surface area contributed by atoms with Gasteiger partial charge in [-0.15, -0.1) is 0 Å². The topological polar surface area (TPSA) is 58.3 Å². The van der Waals surface area contributed by atoms with Gasteiger partial charge in [0.2, 0.25) is 0 Å². The van der Waals surface area contributed by atoms with Crippen LogP contribution < -0.4 is 11.3 Å². The summed E-state index contributed by atoms with van der Waals surface area (Å²) in [6.45, 7) is 2.01. The average Bonchev–Trinajstić information content (AvgIpc) is 2.10. The third-order valence-electron chi connectivity index (χ3n) is 1.92. The number of hydrogen-bond donors (Lipinski definition) is 3. The SMILES string of the molecule is CC[C@@H](NN)c1ccccc1O. The van der Waals surface area contributed by atoms with Crippen molar-refractivity contribution >= 4 is 0 Å². The van der Waals surface area contributed by atoms with Crippen molar-refractivity contribution in [3.05, 3.63) is 29.8 Å². The minimum atomic E-state index is 0.0335. The van der Waals surface area contributed by atoms with Crippen LogP contribution >= 0.6 is 0 Å². The van der Waals surface area contributed by atoms with Gasteiger partial charge in [0.1, 0.15) is 5.75 Å². The van der Waals surface area contributed by atoms with Gasteiger partial charge in [-0.05, 0) is 12.5 Å². The molecule has 0 saturated heterocycles. The van der Waals surface area contributed by atoms with Gasteiger partial charge in [-0.2, -0.15) is 0 Å². The van der Waals surface area contributed by atoms with E-state index in [1.165, 1.54) is 0 Å². The second-order valence-electron chi connectivity index (χ2n) is 2.69. The molecule has 0 bridgehead atoms. The number of phenolic OH excluding ortho intramolecular Hbond substituents is 1. The Balaban J connectivity index is 2.92. The molecule has 0 unspecified atom stereocenters. The number of hydrogen-bond acceptors (Lipinski definition) is 3. The Morgan fingerprint density at radius 1 is 1.50 bits per heavy atom. The number of nitrogens with one attached hydrogen (secondary N) is 1. The molecule has 0 fully saturated rings. The Labute approximate surface area is 72.2 Å². The number of phenols is 1. The van der Waals surface area contributed by atoms with E-state index < -0.39 is 0 Å². The van der Waals surface area contributed by atoms with E-state index in [1.807, 2.05) is 19.1 Å². The molecule has 12 heavy (non-hydrogen) atoms. The molecule has 0 aliphatic heterocycles. The van der Waals surface area contributed by atoms with Crippen molar-refractivity contribution < 1.29 is 5.11 Å². The molecule has 1 aromatic carbocycles. The molecule has 1 rings (SSSR count). The highest BCUT2D eigenvalue weighted by Gasteiger charge is 2.09. The summed E-state index contributed by atoms with van der Waals surface area (Å²) in [4.78, 5) is 0. The van der Waals surface area contributed by atoms with Crippen molar-refractivity contribution in [1.82, 2.24) is 5.43 Å². The summed E-state index contributed by atoms with van der Waals surface area (Å²) in [5.41, 5.74) is 3.50. The van der Waals surface area contributed by atoms with Gasteiger partial charge < -0.3 is 5.11 Å². The van der Waals surface area contributed by atoms with Gasteiger partial charge in [-0.25, -0.2) is 0 Å². The van der Waals surface area contributed by atoms with Crippen LogP contribution in [-0.4, -0.2) is 5.11 Å². The first kappa shape index (κ1) is 9.03. The largest absolute Gasteiger partial charge is 0.508 e. The molecule has 0 spiro atoms. The van der Waals surface area contributed by atoms with Crippen molar-refractivity contribution in [2.45, 2.75) is 19.4 Å². The van der Waals surface area contributed by atoms with Crippen molar-refractivity contribution in [3.8, 4) is 5.75 Å². The van der Waals surface area contributed by atoms with Crippen molar-refractivity contribution in [2.24, 2.45) is 5.84 Å². The summed E-state index contributed by atoms with van der Waals surface area (Å²) >= 11 is 0. The van der Waals surface area contributed by atoms with Gasteiger partial charge >= 0.3 is 0 Å². The zero-order valence-electron chi connectivity index (χ0n) is 7.12. The lowest BCUT2D eigenvalue weighted by Gasteiger charge is -2.14. The maximum atomic E-state index is 9.45. The summed E-state index contributed by atoms with van der Waals surface area (Å²) in [6.07, 6.45) is 0.855. The van der Waals surface area contributed by atoms with Gasteiger partial charge in [-0.1, -0.05) is 25.1 Å². The van der Waals surface area contributed by atoms with Crippen LogP contribution in [0.15, 0.2) is 24.3 Å². The van der Waals surface area contributed by atoms with E-state index in [4.69, 9.17) is 5.84 Å². The molecular weight excluding hydrogens is 152 g/mol. The molecule has 1 atom stereocenters. The quantitative estimate of drug-likeness (QED) is 0.468. The average molecular weight is 166 g/mol. The Morgan fingerprint density at radius 3 is 2.67 bits per heavy atom. The van der Waals surface area contributed by atoms with Gasteiger partial charge in [0.05, 0.1) is 0 Å². The maximum absolute atomic E-state index is 9.45. The molecule has 4 N–H and O–H groups in total. The van der Waals surface area contributed by atoms with Gasteiger partial charge in [-0.3, -0.25) is 11.3 Å². The Kier molecular flexibility index (Phi) is 3.08. The van der Waals surface area contributed by atoms with E-state index in [1.54, 1.807) is 12.1 Å². The number of nitrogens with two attached hydrogens (primary N) is 1. The molecular formula is C9H14N2O. The summed E-state index contributed by atoms with van der Waals surface area (Å²) in [7, 11) is 0. The third-order valence-corrected chi connectivity index (χ3v) is 1.92. The van der Waals surface area contributed by atoms with Crippen LogP contribution in [0.5, 0.6) is 5.75 Å². The predicted octanol–water partition coefficient (Wildman–Crippen LogP) is 1.31. The Bertz CT molecular complexity index is 246. The lowest BCUT2D eigenvalue weighted by molar-refractivity contribution is 0.444. The molecule has 0 aromatic heterocycles. The second kappa shape index (κ2) is 4.09. The predicted molar refractivity (Wildman–Crippen MR) is 48.5 cm³/mol. The lowest BCUT2D eigenvalue weighted by Crippen LogP contribution is -2.27. The van der Waals surface area contributed by atoms with Gasteiger partial charge in [0.25, 0.3) is 0 Å². The van der Waals surface area contributed by atoms with E-state index in [2.05, 4.69) is 5.43 Å². The molecule has 0 saturated carbocycles. The van der Waals surface area contributed by atoms with Gasteiger partial charge in [0, 0.05) is 11.6 Å². The zero-order valence-corrected chi connectivity index (χ0v) is 7.12. The number of aromatic hydroxyl groups is 1. The smallest absolute Gasteiger partial charge is 0.120 e. The molecule has 3 nitrogen and oxygen atoms in total. The van der Waals surface area contributed by atoms with Crippen molar-refractivity contribution in [1.29, 1.82) is 0 Å². The summed E-state index contributed by atoms with van der Waals surface area (Å²) in [5, 5.41) is 9.45. The highest BCUT2D eigenvalue weighted by atomic mass is 16.3. The normalized spacial score (nSPS) is 12.8. The molecule has 0 radical (unpaired) electrons. The highest BCUT2D eigenvalue weighted by Crippen LogP contribution is 2.24. The standard InChI is InChI=1S/C9H14N2O/c1-2-8(11-10)7-5-3-4-6-9(7)12/h3-6,8,11-12H,2,10H2,1H3/t8-/m1/s1. The summed E-state index contributed by atoms with van der Waals surface area (Å²) in [5.74, 6) is 5.62. The molecule has 0 aliphatic rings. The van der Waals surface area contributed by atoms with Gasteiger partial charge in [0.15, 0.2) is 0 Å². The first-order valence-electron chi connectivity index (χ1n) is 4.03. The monoisotopic (exact) mass is 166 g/mol. The first-order chi connectivity index (χ1) is 5.79. The Hall–Kier alpha value is -1.06. The summed E-state index contributed by atoms with van der Waals surface area (Å²) < 4.78 is 0. The fraction of sp³-hybridized carbons (Fsp3) is 0.333. The molecule has 66 valence electrons. The maximum Gasteiger partial charge on any atom is 0.120 e. The summed E-state index contributed by atoms with van der Waals surface area (Å²) in [6, 6.07) is 7.24. The van der Waals surface area contributed by atoms with Crippen molar-refractivity contribution in [2.75, 3.05) is 0 Å². The van der Waals surface area contributed by atoms with Crippen LogP contribution in [0.2, 0.25) is 0 Å². The molecule has 0 amide bonds. The zero-order chi connectivity index (χ0) is 8.97. The number of hydrazine groups is 1. The fourth-order valence-electron chi connectivity index (χ4n) is 1.21. The molecule has 0 aliphatic carbocycles.